The summed E-state index contributed by atoms with van der Waals surface area (Å²) in [4.78, 5) is 12.2. The van der Waals surface area contributed by atoms with Crippen LogP contribution in [-0.4, -0.2) is 30.5 Å². The number of fused-ring (bicyclic) bond motifs is 1. The molecule has 154 valence electrons. The van der Waals surface area contributed by atoms with Gasteiger partial charge in [0.2, 0.25) is 6.79 Å². The highest BCUT2D eigenvalue weighted by Gasteiger charge is 2.15. The highest BCUT2D eigenvalue weighted by Crippen LogP contribution is 2.32. The van der Waals surface area contributed by atoms with E-state index in [2.05, 4.69) is 16.2 Å². The van der Waals surface area contributed by atoms with Crippen molar-refractivity contribution < 1.29 is 23.7 Å². The van der Waals surface area contributed by atoms with Crippen LogP contribution in [-0.2, 0) is 11.3 Å². The third kappa shape index (κ3) is 5.89. The molecule has 29 heavy (non-hydrogen) atoms. The Balaban J connectivity index is 1.39. The van der Waals surface area contributed by atoms with Crippen molar-refractivity contribution in [2.75, 3.05) is 13.4 Å². The third-order valence-corrected chi connectivity index (χ3v) is 4.25. The molecule has 1 atom stereocenters. The first-order valence-electron chi connectivity index (χ1n) is 9.17. The fourth-order valence-electron chi connectivity index (χ4n) is 2.54. The number of hydrazine groups is 1. The predicted molar refractivity (Wildman–Crippen MR) is 111 cm³/mol. The van der Waals surface area contributed by atoms with Crippen molar-refractivity contribution in [1.29, 1.82) is 0 Å². The second-order valence-electron chi connectivity index (χ2n) is 6.15. The van der Waals surface area contributed by atoms with Gasteiger partial charge in [0.05, 0.1) is 6.61 Å². The Bertz CT molecular complexity index is 860. The van der Waals surface area contributed by atoms with E-state index in [4.69, 9.17) is 31.2 Å². The second-order valence-corrected chi connectivity index (χ2v) is 6.56. The summed E-state index contributed by atoms with van der Waals surface area (Å²) in [6.45, 7) is 4.85. The minimum Gasteiger partial charge on any atom is -0.494 e. The van der Waals surface area contributed by atoms with E-state index in [1.54, 1.807) is 31.2 Å². The van der Waals surface area contributed by atoms with Gasteiger partial charge in [-0.05, 0) is 68.0 Å². The molecular weight excluding hydrogens is 394 g/mol. The van der Waals surface area contributed by atoms with Gasteiger partial charge in [-0.3, -0.25) is 15.6 Å². The number of ether oxygens (including phenoxy) is 4. The maximum atomic E-state index is 12.2. The van der Waals surface area contributed by atoms with Crippen molar-refractivity contribution in [2.45, 2.75) is 26.5 Å². The summed E-state index contributed by atoms with van der Waals surface area (Å²) >= 11 is 5.18. The lowest BCUT2D eigenvalue weighted by atomic mass is 10.2. The largest absolute Gasteiger partial charge is 0.494 e. The Kier molecular flexibility index (Phi) is 6.96. The van der Waals surface area contributed by atoms with Gasteiger partial charge in [-0.25, -0.2) is 0 Å². The van der Waals surface area contributed by atoms with Gasteiger partial charge in [-0.15, -0.1) is 0 Å². The highest BCUT2D eigenvalue weighted by molar-refractivity contribution is 7.80. The van der Waals surface area contributed by atoms with Crippen molar-refractivity contribution >= 4 is 23.2 Å². The van der Waals surface area contributed by atoms with Crippen LogP contribution in [0.2, 0.25) is 0 Å². The normalized spacial score (nSPS) is 12.6. The number of benzene rings is 2. The van der Waals surface area contributed by atoms with Crippen molar-refractivity contribution in [2.24, 2.45) is 0 Å². The summed E-state index contributed by atoms with van der Waals surface area (Å²) < 4.78 is 21.6. The lowest BCUT2D eigenvalue weighted by Gasteiger charge is -2.17. The lowest BCUT2D eigenvalue weighted by molar-refractivity contribution is -0.127. The van der Waals surface area contributed by atoms with Crippen LogP contribution in [0.3, 0.4) is 0 Å². The maximum Gasteiger partial charge on any atom is 0.279 e. The first-order chi connectivity index (χ1) is 14.0. The average molecular weight is 417 g/mol. The SMILES string of the molecule is CCOc1ccc(O[C@H](C)C(=O)NNC(=S)NCc2ccc3c(c2)OCO3)cc1. The van der Waals surface area contributed by atoms with E-state index in [-0.39, 0.29) is 17.8 Å². The van der Waals surface area contributed by atoms with Gasteiger partial charge in [-0.2, -0.15) is 0 Å². The number of carbonyl (C=O) groups is 1. The van der Waals surface area contributed by atoms with Crippen LogP contribution in [0.5, 0.6) is 23.0 Å². The zero-order valence-electron chi connectivity index (χ0n) is 16.2. The smallest absolute Gasteiger partial charge is 0.279 e. The van der Waals surface area contributed by atoms with E-state index in [9.17, 15) is 4.79 Å². The molecule has 0 aliphatic carbocycles. The summed E-state index contributed by atoms with van der Waals surface area (Å²) in [6, 6.07) is 12.7. The van der Waals surface area contributed by atoms with Crippen LogP contribution in [0.1, 0.15) is 19.4 Å². The van der Waals surface area contributed by atoms with Gasteiger partial charge < -0.3 is 24.3 Å². The molecule has 1 heterocycles. The van der Waals surface area contributed by atoms with Gasteiger partial charge in [-0.1, -0.05) is 6.07 Å². The Morgan fingerprint density at radius 1 is 1.10 bits per heavy atom. The lowest BCUT2D eigenvalue weighted by Crippen LogP contribution is -2.50. The molecule has 9 heteroatoms. The number of hydrogen-bond donors (Lipinski definition) is 3. The zero-order chi connectivity index (χ0) is 20.6. The van der Waals surface area contributed by atoms with E-state index in [1.165, 1.54) is 0 Å². The molecule has 1 amide bonds. The quantitative estimate of drug-likeness (QED) is 0.467. The first-order valence-corrected chi connectivity index (χ1v) is 9.57. The molecule has 2 aromatic rings. The van der Waals surface area contributed by atoms with Crippen molar-refractivity contribution in [1.82, 2.24) is 16.2 Å². The highest BCUT2D eigenvalue weighted by atomic mass is 32.1. The molecule has 3 N–H and O–H groups in total. The molecule has 0 bridgehead atoms. The fraction of sp³-hybridized carbons (Fsp3) is 0.300. The van der Waals surface area contributed by atoms with Crippen LogP contribution in [0.25, 0.3) is 0 Å². The number of amides is 1. The third-order valence-electron chi connectivity index (χ3n) is 4.01. The molecule has 1 aliphatic heterocycles. The van der Waals surface area contributed by atoms with E-state index in [0.29, 0.717) is 24.7 Å². The van der Waals surface area contributed by atoms with E-state index in [1.807, 2.05) is 25.1 Å². The summed E-state index contributed by atoms with van der Waals surface area (Å²) in [5.41, 5.74) is 6.16. The molecular formula is C20H23N3O5S. The van der Waals surface area contributed by atoms with Crippen molar-refractivity contribution in [3.8, 4) is 23.0 Å². The minimum atomic E-state index is -0.711. The van der Waals surface area contributed by atoms with Gasteiger partial charge in [0.25, 0.3) is 5.91 Å². The van der Waals surface area contributed by atoms with Crippen LogP contribution in [0.4, 0.5) is 0 Å². The van der Waals surface area contributed by atoms with E-state index >= 15 is 0 Å². The molecule has 0 radical (unpaired) electrons. The van der Waals surface area contributed by atoms with Crippen LogP contribution in [0, 0.1) is 0 Å². The Morgan fingerprint density at radius 3 is 2.59 bits per heavy atom. The molecule has 0 aromatic heterocycles. The number of hydrogen-bond acceptors (Lipinski definition) is 6. The fourth-order valence-corrected chi connectivity index (χ4v) is 2.66. The molecule has 0 saturated carbocycles. The molecule has 0 saturated heterocycles. The molecule has 8 nitrogen and oxygen atoms in total. The zero-order valence-corrected chi connectivity index (χ0v) is 17.0. The molecule has 2 aromatic carbocycles. The molecule has 0 fully saturated rings. The van der Waals surface area contributed by atoms with Gasteiger partial charge in [0.15, 0.2) is 22.7 Å². The van der Waals surface area contributed by atoms with E-state index < -0.39 is 6.10 Å². The molecule has 0 unspecified atom stereocenters. The summed E-state index contributed by atoms with van der Waals surface area (Å²) in [5.74, 6) is 2.39. The van der Waals surface area contributed by atoms with Crippen molar-refractivity contribution in [3.63, 3.8) is 0 Å². The second kappa shape index (κ2) is 9.83. The van der Waals surface area contributed by atoms with Crippen molar-refractivity contribution in [3.05, 3.63) is 48.0 Å². The molecule has 1 aliphatic rings. The molecule has 3 rings (SSSR count). The number of carbonyl (C=O) groups excluding carboxylic acids is 1. The van der Waals surface area contributed by atoms with E-state index in [0.717, 1.165) is 17.1 Å². The summed E-state index contributed by atoms with van der Waals surface area (Å²) in [6.07, 6.45) is -0.711. The van der Waals surface area contributed by atoms with Gasteiger partial charge in [0, 0.05) is 6.54 Å². The first kappa shape index (κ1) is 20.5. The van der Waals surface area contributed by atoms with Crippen LogP contribution >= 0.6 is 12.2 Å². The summed E-state index contributed by atoms with van der Waals surface area (Å²) in [5, 5.41) is 3.29. The number of nitrogens with one attached hydrogen (secondary N) is 3. The molecule has 0 spiro atoms. The Hall–Kier alpha value is -3.20. The monoisotopic (exact) mass is 417 g/mol. The Labute approximate surface area is 174 Å². The standard InChI is InChI=1S/C20H23N3O5S/c1-3-25-15-5-7-16(8-6-15)28-13(2)19(24)22-23-20(29)21-11-14-4-9-17-18(10-14)27-12-26-17/h4-10,13H,3,11-12H2,1-2H3,(H,22,24)(H2,21,23,29)/t13-/m1/s1. The number of rotatable bonds is 7. The van der Waals surface area contributed by atoms with Gasteiger partial charge in [0.1, 0.15) is 11.5 Å². The summed E-state index contributed by atoms with van der Waals surface area (Å²) in [7, 11) is 0. The topological polar surface area (TPSA) is 90.1 Å². The minimum absolute atomic E-state index is 0.231. The maximum absolute atomic E-state index is 12.2. The van der Waals surface area contributed by atoms with Gasteiger partial charge >= 0.3 is 0 Å². The number of thiocarbonyl (C=S) groups is 1. The van der Waals surface area contributed by atoms with Crippen LogP contribution in [0.15, 0.2) is 42.5 Å². The predicted octanol–water partition coefficient (Wildman–Crippen LogP) is 2.28. The average Bonchev–Trinajstić information content (AvgIpc) is 3.20. The van der Waals surface area contributed by atoms with Crippen LogP contribution < -0.4 is 35.1 Å². The Morgan fingerprint density at radius 2 is 1.83 bits per heavy atom.